The van der Waals surface area contributed by atoms with Gasteiger partial charge in [-0.05, 0) is 47.0 Å². The van der Waals surface area contributed by atoms with Gasteiger partial charge in [0.25, 0.3) is 0 Å². The molecular weight excluding hydrogens is 332 g/mol. The Morgan fingerprint density at radius 1 is 1.27 bits per heavy atom. The third-order valence-electron chi connectivity index (χ3n) is 4.35. The van der Waals surface area contributed by atoms with Gasteiger partial charge in [0.05, 0.1) is 13.2 Å². The minimum Gasteiger partial charge on any atom is -0.444 e. The molecule has 1 fully saturated rings. The molecule has 0 aliphatic heterocycles. The van der Waals surface area contributed by atoms with E-state index in [-0.39, 0.29) is 18.1 Å². The topological polar surface area (TPSA) is 95.0 Å². The molecule has 1 atom stereocenters. The lowest BCUT2D eigenvalue weighted by Gasteiger charge is -2.24. The molecule has 7 nitrogen and oxygen atoms in total. The van der Waals surface area contributed by atoms with E-state index in [0.717, 1.165) is 44.6 Å². The lowest BCUT2D eigenvalue weighted by Crippen LogP contribution is -2.49. The van der Waals surface area contributed by atoms with Crippen LogP contribution in [0.1, 0.15) is 66.7 Å². The van der Waals surface area contributed by atoms with Crippen LogP contribution >= 0.6 is 0 Å². The van der Waals surface area contributed by atoms with Crippen molar-refractivity contribution in [2.45, 2.75) is 78.4 Å². The number of guanidine groups is 1. The number of unbranched alkanes of at least 4 members (excludes halogenated alkanes) is 1. The van der Waals surface area contributed by atoms with E-state index in [4.69, 9.17) is 4.74 Å². The van der Waals surface area contributed by atoms with Gasteiger partial charge in [0.2, 0.25) is 0 Å². The molecule has 26 heavy (non-hydrogen) atoms. The van der Waals surface area contributed by atoms with Gasteiger partial charge in [-0.3, -0.25) is 4.99 Å². The summed E-state index contributed by atoms with van der Waals surface area (Å²) in [5, 5.41) is 19.0. The van der Waals surface area contributed by atoms with Gasteiger partial charge < -0.3 is 25.8 Å². The molecule has 0 aromatic carbocycles. The summed E-state index contributed by atoms with van der Waals surface area (Å²) in [6.45, 7) is 11.8. The van der Waals surface area contributed by atoms with Gasteiger partial charge in [-0.25, -0.2) is 4.79 Å². The Morgan fingerprint density at radius 2 is 1.96 bits per heavy atom. The Bertz CT molecular complexity index is 456. The van der Waals surface area contributed by atoms with Crippen LogP contribution in [0, 0.1) is 5.41 Å². The molecule has 7 heteroatoms. The average molecular weight is 371 g/mol. The lowest BCUT2D eigenvalue weighted by atomic mass is 10.1. The normalized spacial score (nSPS) is 17.4. The van der Waals surface area contributed by atoms with Crippen LogP contribution in [0.25, 0.3) is 0 Å². The first-order valence-electron chi connectivity index (χ1n) is 9.86. The molecule has 0 aromatic heterocycles. The summed E-state index contributed by atoms with van der Waals surface area (Å²) < 4.78 is 5.31. The monoisotopic (exact) mass is 370 g/mol. The van der Waals surface area contributed by atoms with E-state index in [0.29, 0.717) is 13.1 Å². The molecule has 1 saturated carbocycles. The first-order chi connectivity index (χ1) is 12.2. The minimum absolute atomic E-state index is 0.0178. The van der Waals surface area contributed by atoms with Gasteiger partial charge in [0.15, 0.2) is 5.96 Å². The second kappa shape index (κ2) is 10.6. The van der Waals surface area contributed by atoms with Gasteiger partial charge in [0, 0.05) is 24.5 Å². The van der Waals surface area contributed by atoms with Crippen LogP contribution in [-0.2, 0) is 4.74 Å². The molecule has 152 valence electrons. The van der Waals surface area contributed by atoms with Gasteiger partial charge >= 0.3 is 6.09 Å². The summed E-state index contributed by atoms with van der Waals surface area (Å²) in [5.74, 6) is 0.735. The third kappa shape index (κ3) is 9.27. The zero-order chi connectivity index (χ0) is 19.6. The number of aliphatic hydroxyl groups is 1. The number of hydrogen-bond donors (Lipinski definition) is 4. The number of rotatable bonds is 10. The van der Waals surface area contributed by atoms with Gasteiger partial charge in [0.1, 0.15) is 5.60 Å². The van der Waals surface area contributed by atoms with Crippen molar-refractivity contribution < 1.29 is 14.6 Å². The summed E-state index contributed by atoms with van der Waals surface area (Å²) in [5.41, 5.74) is -0.522. The molecule has 1 rings (SSSR count). The standard InChI is InChI=1S/C19H38N4O3/c1-6-8-9-15(12-21-17(25)26-18(3,4)5)23-16(20-7-2)22-13-19(14-24)10-11-19/h15,24H,6-14H2,1-5H3,(H,21,25)(H2,20,22,23). The predicted molar refractivity (Wildman–Crippen MR) is 105 cm³/mol. The highest BCUT2D eigenvalue weighted by Gasteiger charge is 2.41. The minimum atomic E-state index is -0.504. The summed E-state index contributed by atoms with van der Waals surface area (Å²) in [6.07, 6.45) is 4.75. The van der Waals surface area contributed by atoms with E-state index in [1.807, 2.05) is 27.7 Å². The highest BCUT2D eigenvalue weighted by atomic mass is 16.6. The van der Waals surface area contributed by atoms with Crippen LogP contribution < -0.4 is 16.0 Å². The van der Waals surface area contributed by atoms with Gasteiger partial charge in [-0.1, -0.05) is 19.8 Å². The van der Waals surface area contributed by atoms with Crippen LogP contribution in [0.15, 0.2) is 4.99 Å². The molecule has 4 N–H and O–H groups in total. The molecule has 1 unspecified atom stereocenters. The van der Waals surface area contributed by atoms with Crippen molar-refractivity contribution in [1.29, 1.82) is 0 Å². The first-order valence-corrected chi connectivity index (χ1v) is 9.86. The first kappa shape index (κ1) is 22.5. The van der Waals surface area contributed by atoms with E-state index in [2.05, 4.69) is 27.9 Å². The summed E-state index contributed by atoms with van der Waals surface area (Å²) in [4.78, 5) is 16.6. The molecule has 1 aliphatic rings. The number of nitrogens with zero attached hydrogens (tertiary/aromatic N) is 1. The largest absolute Gasteiger partial charge is 0.444 e. The zero-order valence-corrected chi connectivity index (χ0v) is 17.2. The fourth-order valence-electron chi connectivity index (χ4n) is 2.50. The number of aliphatic hydroxyl groups excluding tert-OH is 1. The fourth-order valence-corrected chi connectivity index (χ4v) is 2.50. The smallest absolute Gasteiger partial charge is 0.407 e. The number of alkyl carbamates (subject to hydrolysis) is 1. The number of ether oxygens (including phenoxy) is 1. The SMILES string of the molecule is CCCCC(CNC(=O)OC(C)(C)C)NC(=NCC1(CO)CC1)NCC. The summed E-state index contributed by atoms with van der Waals surface area (Å²) in [7, 11) is 0. The van der Waals surface area contributed by atoms with Crippen LogP contribution in [-0.4, -0.2) is 55.0 Å². The van der Waals surface area contributed by atoms with Crippen molar-refractivity contribution in [2.24, 2.45) is 10.4 Å². The maximum absolute atomic E-state index is 11.9. The Hall–Kier alpha value is -1.50. The number of aliphatic imine (C=N–C) groups is 1. The van der Waals surface area contributed by atoms with Crippen LogP contribution in [0.3, 0.4) is 0 Å². The lowest BCUT2D eigenvalue weighted by molar-refractivity contribution is 0.0522. The van der Waals surface area contributed by atoms with Crippen molar-refractivity contribution in [3.63, 3.8) is 0 Å². The zero-order valence-electron chi connectivity index (χ0n) is 17.2. The molecule has 0 saturated heterocycles. The van der Waals surface area contributed by atoms with E-state index in [1.54, 1.807) is 0 Å². The Balaban J connectivity index is 2.60. The second-order valence-corrected chi connectivity index (χ2v) is 8.22. The number of amides is 1. The molecule has 0 aromatic rings. The van der Waals surface area contributed by atoms with Crippen molar-refractivity contribution in [2.75, 3.05) is 26.2 Å². The highest BCUT2D eigenvalue weighted by molar-refractivity contribution is 5.80. The van der Waals surface area contributed by atoms with Crippen molar-refractivity contribution in [1.82, 2.24) is 16.0 Å². The molecular formula is C19H38N4O3. The van der Waals surface area contributed by atoms with E-state index < -0.39 is 11.7 Å². The van der Waals surface area contributed by atoms with Gasteiger partial charge in [-0.15, -0.1) is 0 Å². The number of hydrogen-bond acceptors (Lipinski definition) is 4. The Morgan fingerprint density at radius 3 is 2.46 bits per heavy atom. The Labute approximate surface area is 158 Å². The fraction of sp³-hybridized carbons (Fsp3) is 0.895. The van der Waals surface area contributed by atoms with Crippen LogP contribution in [0.4, 0.5) is 4.79 Å². The van der Waals surface area contributed by atoms with Gasteiger partial charge in [-0.2, -0.15) is 0 Å². The third-order valence-corrected chi connectivity index (χ3v) is 4.35. The van der Waals surface area contributed by atoms with E-state index in [1.165, 1.54) is 0 Å². The summed E-state index contributed by atoms with van der Waals surface area (Å²) in [6, 6.07) is 0.0737. The number of carbonyl (C=O) groups excluding carboxylic acids is 1. The molecule has 0 bridgehead atoms. The quantitative estimate of drug-likeness (QED) is 0.350. The predicted octanol–water partition coefficient (Wildman–Crippen LogP) is 2.40. The van der Waals surface area contributed by atoms with E-state index in [9.17, 15) is 9.90 Å². The number of carbonyl (C=O) groups is 1. The second-order valence-electron chi connectivity index (χ2n) is 8.22. The maximum Gasteiger partial charge on any atom is 0.407 e. The van der Waals surface area contributed by atoms with Crippen molar-refractivity contribution >= 4 is 12.1 Å². The van der Waals surface area contributed by atoms with E-state index >= 15 is 0 Å². The highest BCUT2D eigenvalue weighted by Crippen LogP contribution is 2.45. The van der Waals surface area contributed by atoms with Crippen LogP contribution in [0.5, 0.6) is 0 Å². The van der Waals surface area contributed by atoms with Crippen LogP contribution in [0.2, 0.25) is 0 Å². The Kier molecular flexibility index (Phi) is 9.19. The molecule has 0 spiro atoms. The molecule has 1 amide bonds. The molecule has 0 heterocycles. The molecule has 0 radical (unpaired) electrons. The number of nitrogens with one attached hydrogen (secondary N) is 3. The van der Waals surface area contributed by atoms with Crippen molar-refractivity contribution in [3.05, 3.63) is 0 Å². The van der Waals surface area contributed by atoms with Crippen molar-refractivity contribution in [3.8, 4) is 0 Å². The average Bonchev–Trinajstić information content (AvgIpc) is 3.34. The molecule has 1 aliphatic carbocycles. The maximum atomic E-state index is 11.9. The summed E-state index contributed by atoms with van der Waals surface area (Å²) >= 11 is 0.